The first-order valence-corrected chi connectivity index (χ1v) is 8.10. The summed E-state index contributed by atoms with van der Waals surface area (Å²) in [5.74, 6) is -1.23. The molecule has 2 aromatic rings. The number of alkyl halides is 3. The van der Waals surface area contributed by atoms with Gasteiger partial charge in [0, 0.05) is 18.0 Å². The standard InChI is InChI=1S/C18H18F3N3O3/c1-2-12-5-3-4-6-14(12)24-15(25)10-23-17(26)13-7-8-16(22-9-13)27-11-18(19,20)21/h3-9H,2,10-11H2,1H3,(H,23,26)(H,24,25). The summed E-state index contributed by atoms with van der Waals surface area (Å²) < 4.78 is 40.7. The van der Waals surface area contributed by atoms with Crippen molar-refractivity contribution in [3.63, 3.8) is 0 Å². The predicted octanol–water partition coefficient (Wildman–Crippen LogP) is 2.95. The van der Waals surface area contributed by atoms with E-state index in [-0.39, 0.29) is 18.0 Å². The van der Waals surface area contributed by atoms with Crippen molar-refractivity contribution in [2.24, 2.45) is 0 Å². The van der Waals surface area contributed by atoms with Gasteiger partial charge in [0.15, 0.2) is 6.61 Å². The molecule has 1 aromatic heterocycles. The highest BCUT2D eigenvalue weighted by atomic mass is 19.4. The zero-order valence-corrected chi connectivity index (χ0v) is 14.5. The zero-order valence-electron chi connectivity index (χ0n) is 14.5. The van der Waals surface area contributed by atoms with Gasteiger partial charge in [-0.3, -0.25) is 9.59 Å². The number of hydrogen-bond donors (Lipinski definition) is 2. The van der Waals surface area contributed by atoms with Gasteiger partial charge in [-0.05, 0) is 24.1 Å². The number of para-hydroxylation sites is 1. The zero-order chi connectivity index (χ0) is 19.9. The summed E-state index contributed by atoms with van der Waals surface area (Å²) >= 11 is 0. The monoisotopic (exact) mass is 381 g/mol. The van der Waals surface area contributed by atoms with Crippen LogP contribution in [-0.2, 0) is 11.2 Å². The van der Waals surface area contributed by atoms with Crippen LogP contribution in [0.25, 0.3) is 0 Å². The highest BCUT2D eigenvalue weighted by Gasteiger charge is 2.28. The minimum atomic E-state index is -4.47. The Morgan fingerprint density at radius 2 is 1.89 bits per heavy atom. The first-order valence-electron chi connectivity index (χ1n) is 8.10. The van der Waals surface area contributed by atoms with Gasteiger partial charge in [-0.1, -0.05) is 25.1 Å². The Morgan fingerprint density at radius 3 is 2.52 bits per heavy atom. The third-order valence-electron chi connectivity index (χ3n) is 3.46. The van der Waals surface area contributed by atoms with Crippen LogP contribution in [0.15, 0.2) is 42.6 Å². The topological polar surface area (TPSA) is 80.3 Å². The van der Waals surface area contributed by atoms with Crippen molar-refractivity contribution < 1.29 is 27.5 Å². The molecule has 0 spiro atoms. The van der Waals surface area contributed by atoms with Gasteiger partial charge >= 0.3 is 6.18 Å². The summed E-state index contributed by atoms with van der Waals surface area (Å²) in [4.78, 5) is 27.6. The van der Waals surface area contributed by atoms with E-state index in [9.17, 15) is 22.8 Å². The van der Waals surface area contributed by atoms with E-state index in [0.29, 0.717) is 5.69 Å². The second-order valence-electron chi connectivity index (χ2n) is 5.53. The van der Waals surface area contributed by atoms with Crippen LogP contribution in [-0.4, -0.2) is 36.1 Å². The van der Waals surface area contributed by atoms with Crippen LogP contribution >= 0.6 is 0 Å². The molecule has 9 heteroatoms. The molecule has 144 valence electrons. The molecule has 0 bridgehead atoms. The number of halogens is 3. The number of benzene rings is 1. The van der Waals surface area contributed by atoms with Crippen molar-refractivity contribution in [2.45, 2.75) is 19.5 Å². The minimum absolute atomic E-state index is 0.0936. The van der Waals surface area contributed by atoms with E-state index in [1.807, 2.05) is 19.1 Å². The molecule has 27 heavy (non-hydrogen) atoms. The van der Waals surface area contributed by atoms with Crippen molar-refractivity contribution in [1.82, 2.24) is 10.3 Å². The Balaban J connectivity index is 1.85. The van der Waals surface area contributed by atoms with E-state index < -0.39 is 24.6 Å². The van der Waals surface area contributed by atoms with Crippen LogP contribution in [0.1, 0.15) is 22.8 Å². The second-order valence-corrected chi connectivity index (χ2v) is 5.53. The number of nitrogens with zero attached hydrogens (tertiary/aromatic N) is 1. The van der Waals surface area contributed by atoms with Crippen LogP contribution in [0, 0.1) is 0 Å². The fourth-order valence-electron chi connectivity index (χ4n) is 2.16. The smallest absolute Gasteiger partial charge is 0.422 e. The molecule has 2 amide bonds. The fourth-order valence-corrected chi connectivity index (χ4v) is 2.16. The lowest BCUT2D eigenvalue weighted by atomic mass is 10.1. The largest absolute Gasteiger partial charge is 0.468 e. The number of amides is 2. The molecule has 0 aliphatic rings. The molecular formula is C18H18F3N3O3. The first kappa shape index (κ1) is 20.2. The van der Waals surface area contributed by atoms with Crippen LogP contribution in [0.4, 0.5) is 18.9 Å². The Hall–Kier alpha value is -3.10. The molecule has 0 saturated carbocycles. The van der Waals surface area contributed by atoms with Gasteiger partial charge in [0.1, 0.15) is 0 Å². The summed E-state index contributed by atoms with van der Waals surface area (Å²) in [5.41, 5.74) is 1.74. The average molecular weight is 381 g/mol. The summed E-state index contributed by atoms with van der Waals surface area (Å²) in [7, 11) is 0. The Bertz CT molecular complexity index is 792. The molecule has 0 aliphatic carbocycles. The molecule has 1 aromatic carbocycles. The van der Waals surface area contributed by atoms with Gasteiger partial charge in [-0.2, -0.15) is 13.2 Å². The molecule has 2 rings (SSSR count). The molecule has 6 nitrogen and oxygen atoms in total. The molecule has 0 aliphatic heterocycles. The Kier molecular flexibility index (Phi) is 6.75. The highest BCUT2D eigenvalue weighted by Crippen LogP contribution is 2.17. The second kappa shape index (κ2) is 9.02. The van der Waals surface area contributed by atoms with Gasteiger partial charge < -0.3 is 15.4 Å². The van der Waals surface area contributed by atoms with Gasteiger partial charge in [-0.25, -0.2) is 4.98 Å². The third kappa shape index (κ3) is 6.61. The van der Waals surface area contributed by atoms with E-state index >= 15 is 0 Å². The molecule has 0 unspecified atom stereocenters. The lowest BCUT2D eigenvalue weighted by molar-refractivity contribution is -0.154. The van der Waals surface area contributed by atoms with Crippen LogP contribution in [0.5, 0.6) is 5.88 Å². The number of carbonyl (C=O) groups excluding carboxylic acids is 2. The number of ether oxygens (including phenoxy) is 1. The van der Waals surface area contributed by atoms with E-state index in [1.54, 1.807) is 12.1 Å². The van der Waals surface area contributed by atoms with Gasteiger partial charge in [-0.15, -0.1) is 0 Å². The number of nitrogens with one attached hydrogen (secondary N) is 2. The lowest BCUT2D eigenvalue weighted by Gasteiger charge is -2.11. The van der Waals surface area contributed by atoms with Crippen molar-refractivity contribution in [3.8, 4) is 5.88 Å². The average Bonchev–Trinajstić information content (AvgIpc) is 2.64. The van der Waals surface area contributed by atoms with Crippen molar-refractivity contribution in [1.29, 1.82) is 0 Å². The third-order valence-corrected chi connectivity index (χ3v) is 3.46. The maximum atomic E-state index is 12.1. The van der Waals surface area contributed by atoms with Gasteiger partial charge in [0.05, 0.1) is 12.1 Å². The number of aryl methyl sites for hydroxylation is 1. The molecule has 0 radical (unpaired) electrons. The molecule has 1 heterocycles. The lowest BCUT2D eigenvalue weighted by Crippen LogP contribution is -2.33. The van der Waals surface area contributed by atoms with Gasteiger partial charge in [0.2, 0.25) is 11.8 Å². The van der Waals surface area contributed by atoms with Gasteiger partial charge in [0.25, 0.3) is 5.91 Å². The Morgan fingerprint density at radius 1 is 1.15 bits per heavy atom. The van der Waals surface area contributed by atoms with Crippen LogP contribution < -0.4 is 15.4 Å². The number of rotatable bonds is 7. The predicted molar refractivity (Wildman–Crippen MR) is 92.6 cm³/mol. The summed E-state index contributed by atoms with van der Waals surface area (Å²) in [6.07, 6.45) is -2.65. The quantitative estimate of drug-likeness (QED) is 0.773. The van der Waals surface area contributed by atoms with Crippen molar-refractivity contribution >= 4 is 17.5 Å². The normalized spacial score (nSPS) is 11.0. The van der Waals surface area contributed by atoms with Crippen LogP contribution in [0.3, 0.4) is 0 Å². The summed E-state index contributed by atoms with van der Waals surface area (Å²) in [5, 5.41) is 5.13. The van der Waals surface area contributed by atoms with E-state index in [1.165, 1.54) is 6.07 Å². The van der Waals surface area contributed by atoms with E-state index in [4.69, 9.17) is 0 Å². The van der Waals surface area contributed by atoms with Crippen LogP contribution in [0.2, 0.25) is 0 Å². The SMILES string of the molecule is CCc1ccccc1NC(=O)CNC(=O)c1ccc(OCC(F)(F)F)nc1. The Labute approximate surface area is 153 Å². The fraction of sp³-hybridized carbons (Fsp3) is 0.278. The molecule has 2 N–H and O–H groups in total. The minimum Gasteiger partial charge on any atom is -0.468 e. The van der Waals surface area contributed by atoms with Crippen molar-refractivity contribution in [2.75, 3.05) is 18.5 Å². The molecular weight excluding hydrogens is 363 g/mol. The van der Waals surface area contributed by atoms with Crippen molar-refractivity contribution in [3.05, 3.63) is 53.7 Å². The molecule has 0 saturated heterocycles. The number of carbonyl (C=O) groups is 2. The maximum Gasteiger partial charge on any atom is 0.422 e. The first-order chi connectivity index (χ1) is 12.8. The van der Waals surface area contributed by atoms with E-state index in [0.717, 1.165) is 24.2 Å². The number of hydrogen-bond acceptors (Lipinski definition) is 4. The summed E-state index contributed by atoms with van der Waals surface area (Å²) in [6, 6.07) is 9.73. The number of pyridine rings is 1. The number of aromatic nitrogens is 1. The maximum absolute atomic E-state index is 12.1. The summed E-state index contributed by atoms with van der Waals surface area (Å²) in [6.45, 7) is 0.232. The van der Waals surface area contributed by atoms with E-state index in [2.05, 4.69) is 20.4 Å². The highest BCUT2D eigenvalue weighted by molar-refractivity contribution is 5.99. The molecule has 0 atom stereocenters. The number of anilines is 1. The molecule has 0 fully saturated rings.